The van der Waals surface area contributed by atoms with Crippen molar-refractivity contribution in [2.75, 3.05) is 13.7 Å². The summed E-state index contributed by atoms with van der Waals surface area (Å²) in [4.78, 5) is 0. The zero-order valence-corrected chi connectivity index (χ0v) is 6.55. The van der Waals surface area contributed by atoms with Gasteiger partial charge >= 0.3 is 0 Å². The Hall–Kier alpha value is -0.0800. The second kappa shape index (κ2) is 3.94. The molecule has 0 heterocycles. The third-order valence-electron chi connectivity index (χ3n) is 2.25. The van der Waals surface area contributed by atoms with Gasteiger partial charge < -0.3 is 9.84 Å². The lowest BCUT2D eigenvalue weighted by atomic mass is 9.87. The maximum atomic E-state index is 9.42. The van der Waals surface area contributed by atoms with Crippen LogP contribution in [0.2, 0.25) is 0 Å². The van der Waals surface area contributed by atoms with Crippen LogP contribution in [0.5, 0.6) is 0 Å². The summed E-state index contributed by atoms with van der Waals surface area (Å²) in [6.07, 6.45) is 4.43. The molecule has 1 aliphatic carbocycles. The fraction of sp³-hybridized carbons (Fsp3) is 1.00. The minimum Gasteiger partial charge on any atom is -0.393 e. The van der Waals surface area contributed by atoms with E-state index in [1.54, 1.807) is 7.11 Å². The molecule has 60 valence electrons. The van der Waals surface area contributed by atoms with E-state index in [-0.39, 0.29) is 6.10 Å². The van der Waals surface area contributed by atoms with Crippen LogP contribution in [0, 0.1) is 5.92 Å². The predicted octanol–water partition coefficient (Wildman–Crippen LogP) is 1.18. The smallest absolute Gasteiger partial charge is 0.0590 e. The van der Waals surface area contributed by atoms with Crippen molar-refractivity contribution in [1.82, 2.24) is 0 Å². The number of ether oxygens (including phenoxy) is 1. The summed E-state index contributed by atoms with van der Waals surface area (Å²) in [6, 6.07) is 0. The molecule has 0 aromatic carbocycles. The minimum atomic E-state index is -0.103. The highest BCUT2D eigenvalue weighted by molar-refractivity contribution is 4.73. The topological polar surface area (TPSA) is 29.5 Å². The second-order valence-electron chi connectivity index (χ2n) is 3.07. The summed E-state index contributed by atoms with van der Waals surface area (Å²) in [6.45, 7) is 0.723. The summed E-state index contributed by atoms with van der Waals surface area (Å²) in [5.74, 6) is 0.402. The van der Waals surface area contributed by atoms with E-state index in [1.165, 1.54) is 12.8 Å². The van der Waals surface area contributed by atoms with Gasteiger partial charge in [0.2, 0.25) is 0 Å². The van der Waals surface area contributed by atoms with E-state index >= 15 is 0 Å². The summed E-state index contributed by atoms with van der Waals surface area (Å²) >= 11 is 0. The molecule has 1 aliphatic rings. The van der Waals surface area contributed by atoms with Gasteiger partial charge in [-0.3, -0.25) is 0 Å². The first kappa shape index (κ1) is 8.02. The lowest BCUT2D eigenvalue weighted by Gasteiger charge is -2.26. The van der Waals surface area contributed by atoms with Crippen molar-refractivity contribution in [2.24, 2.45) is 5.92 Å². The third-order valence-corrected chi connectivity index (χ3v) is 2.25. The van der Waals surface area contributed by atoms with E-state index in [2.05, 4.69) is 0 Å². The van der Waals surface area contributed by atoms with Gasteiger partial charge in [-0.2, -0.15) is 0 Å². The number of hydrogen-bond acceptors (Lipinski definition) is 2. The Morgan fingerprint density at radius 2 is 2.10 bits per heavy atom. The SMILES string of the molecule is COCC1CCCCC1O. The summed E-state index contributed by atoms with van der Waals surface area (Å²) in [7, 11) is 1.70. The van der Waals surface area contributed by atoms with Crippen molar-refractivity contribution in [2.45, 2.75) is 31.8 Å². The lowest BCUT2D eigenvalue weighted by molar-refractivity contribution is 0.0209. The molecule has 0 spiro atoms. The molecule has 1 saturated carbocycles. The van der Waals surface area contributed by atoms with Gasteiger partial charge in [-0.1, -0.05) is 12.8 Å². The van der Waals surface area contributed by atoms with Crippen LogP contribution in [0.4, 0.5) is 0 Å². The summed E-state index contributed by atoms with van der Waals surface area (Å²) < 4.78 is 4.99. The molecule has 0 amide bonds. The lowest BCUT2D eigenvalue weighted by Crippen LogP contribution is -2.27. The fourth-order valence-electron chi connectivity index (χ4n) is 1.60. The van der Waals surface area contributed by atoms with Gasteiger partial charge in [-0.25, -0.2) is 0 Å². The fourth-order valence-corrected chi connectivity index (χ4v) is 1.60. The van der Waals surface area contributed by atoms with Crippen LogP contribution in [0.15, 0.2) is 0 Å². The average Bonchev–Trinajstić information content (AvgIpc) is 1.94. The van der Waals surface area contributed by atoms with Gasteiger partial charge in [0.1, 0.15) is 0 Å². The van der Waals surface area contributed by atoms with Gasteiger partial charge in [0.25, 0.3) is 0 Å². The van der Waals surface area contributed by atoms with E-state index in [9.17, 15) is 5.11 Å². The first-order valence-electron chi connectivity index (χ1n) is 4.01. The van der Waals surface area contributed by atoms with Crippen LogP contribution in [-0.2, 0) is 4.74 Å². The first-order chi connectivity index (χ1) is 4.84. The normalized spacial score (nSPS) is 34.2. The predicted molar refractivity (Wildman–Crippen MR) is 39.8 cm³/mol. The molecule has 1 fully saturated rings. The van der Waals surface area contributed by atoms with Crippen molar-refractivity contribution in [3.63, 3.8) is 0 Å². The Morgan fingerprint density at radius 1 is 1.40 bits per heavy atom. The van der Waals surface area contributed by atoms with Crippen LogP contribution in [0.1, 0.15) is 25.7 Å². The van der Waals surface area contributed by atoms with Crippen LogP contribution < -0.4 is 0 Å². The zero-order chi connectivity index (χ0) is 7.40. The van der Waals surface area contributed by atoms with Crippen LogP contribution >= 0.6 is 0 Å². The molecule has 1 rings (SSSR count). The van der Waals surface area contributed by atoms with E-state index in [1.807, 2.05) is 0 Å². The van der Waals surface area contributed by atoms with Crippen molar-refractivity contribution < 1.29 is 9.84 Å². The first-order valence-corrected chi connectivity index (χ1v) is 4.01. The maximum absolute atomic E-state index is 9.42. The Morgan fingerprint density at radius 3 is 2.70 bits per heavy atom. The van der Waals surface area contributed by atoms with Crippen LogP contribution in [0.25, 0.3) is 0 Å². The molecule has 2 nitrogen and oxygen atoms in total. The maximum Gasteiger partial charge on any atom is 0.0590 e. The van der Waals surface area contributed by atoms with E-state index in [0.29, 0.717) is 5.92 Å². The molecule has 2 atom stereocenters. The number of hydrogen-bond donors (Lipinski definition) is 1. The largest absolute Gasteiger partial charge is 0.393 e. The van der Waals surface area contributed by atoms with E-state index < -0.39 is 0 Å². The summed E-state index contributed by atoms with van der Waals surface area (Å²) in [5.41, 5.74) is 0. The molecule has 0 radical (unpaired) electrons. The molecule has 0 aromatic heterocycles. The quantitative estimate of drug-likeness (QED) is 0.630. The van der Waals surface area contributed by atoms with Gasteiger partial charge in [0.05, 0.1) is 12.7 Å². The standard InChI is InChI=1S/C8H16O2/c1-10-6-7-4-2-3-5-8(7)9/h7-9H,2-6H2,1H3. The highest BCUT2D eigenvalue weighted by atomic mass is 16.5. The summed E-state index contributed by atoms with van der Waals surface area (Å²) in [5, 5.41) is 9.42. The highest BCUT2D eigenvalue weighted by Gasteiger charge is 2.22. The zero-order valence-electron chi connectivity index (χ0n) is 6.55. The molecule has 0 aliphatic heterocycles. The van der Waals surface area contributed by atoms with Crippen molar-refractivity contribution in [1.29, 1.82) is 0 Å². The number of aliphatic hydroxyl groups is 1. The monoisotopic (exact) mass is 144 g/mol. The second-order valence-corrected chi connectivity index (χ2v) is 3.07. The Labute approximate surface area is 62.2 Å². The molecule has 0 aromatic rings. The minimum absolute atomic E-state index is 0.103. The highest BCUT2D eigenvalue weighted by Crippen LogP contribution is 2.23. The Balaban J connectivity index is 2.25. The molecule has 10 heavy (non-hydrogen) atoms. The van der Waals surface area contributed by atoms with Crippen LogP contribution in [0.3, 0.4) is 0 Å². The van der Waals surface area contributed by atoms with Gasteiger partial charge in [0.15, 0.2) is 0 Å². The van der Waals surface area contributed by atoms with Crippen molar-refractivity contribution in [3.8, 4) is 0 Å². The van der Waals surface area contributed by atoms with E-state index in [0.717, 1.165) is 19.4 Å². The van der Waals surface area contributed by atoms with Gasteiger partial charge in [-0.05, 0) is 12.8 Å². The molecule has 0 saturated heterocycles. The van der Waals surface area contributed by atoms with Crippen molar-refractivity contribution in [3.05, 3.63) is 0 Å². The van der Waals surface area contributed by atoms with E-state index in [4.69, 9.17) is 4.74 Å². The van der Waals surface area contributed by atoms with Crippen molar-refractivity contribution >= 4 is 0 Å². The molecule has 2 unspecified atom stereocenters. The Kier molecular flexibility index (Phi) is 3.16. The molecular formula is C8H16O2. The third kappa shape index (κ3) is 1.96. The number of rotatable bonds is 2. The molecule has 1 N–H and O–H groups in total. The number of methoxy groups -OCH3 is 1. The Bertz CT molecular complexity index is 91.3. The molecular weight excluding hydrogens is 128 g/mol. The number of aliphatic hydroxyl groups excluding tert-OH is 1. The molecule has 0 bridgehead atoms. The van der Waals surface area contributed by atoms with Gasteiger partial charge in [-0.15, -0.1) is 0 Å². The molecule has 2 heteroatoms. The van der Waals surface area contributed by atoms with Crippen LogP contribution in [-0.4, -0.2) is 24.9 Å². The van der Waals surface area contributed by atoms with Gasteiger partial charge in [0, 0.05) is 13.0 Å². The average molecular weight is 144 g/mol.